The molecule has 202 valence electrons. The van der Waals surface area contributed by atoms with Gasteiger partial charge in [0.2, 0.25) is 5.91 Å². The van der Waals surface area contributed by atoms with Gasteiger partial charge in [0.15, 0.2) is 5.13 Å². The molecule has 4 heterocycles. The fraction of sp³-hybridized carbons (Fsp3) is 0.517. The van der Waals surface area contributed by atoms with E-state index in [2.05, 4.69) is 35.0 Å². The van der Waals surface area contributed by atoms with Gasteiger partial charge in [-0.1, -0.05) is 51.1 Å². The molecule has 3 aliphatic heterocycles. The van der Waals surface area contributed by atoms with Crippen LogP contribution in [0, 0.1) is 11.3 Å². The second-order valence-corrected chi connectivity index (χ2v) is 12.5. The van der Waals surface area contributed by atoms with Gasteiger partial charge in [0.05, 0.1) is 18.8 Å². The van der Waals surface area contributed by atoms with E-state index in [1.165, 1.54) is 11.3 Å². The van der Waals surface area contributed by atoms with Crippen LogP contribution in [0.15, 0.2) is 29.7 Å². The molecular weight excluding hydrogens is 500 g/mol. The maximum atomic E-state index is 13.8. The van der Waals surface area contributed by atoms with Crippen LogP contribution in [0.3, 0.4) is 0 Å². The molecule has 1 aromatic carbocycles. The number of amides is 2. The maximum Gasteiger partial charge on any atom is 0.410 e. The van der Waals surface area contributed by atoms with Gasteiger partial charge < -0.3 is 19.7 Å². The van der Waals surface area contributed by atoms with Crippen LogP contribution in [0.25, 0.3) is 6.08 Å². The summed E-state index contributed by atoms with van der Waals surface area (Å²) >= 11 is 1.51. The van der Waals surface area contributed by atoms with Gasteiger partial charge in [-0.2, -0.15) is 0 Å². The summed E-state index contributed by atoms with van der Waals surface area (Å²) in [4.78, 5) is 47.0. The number of carbonyl (C=O) groups excluding carboxylic acids is 3. The Bertz CT molecular complexity index is 1230. The van der Waals surface area contributed by atoms with Crippen LogP contribution in [-0.2, 0) is 33.8 Å². The Morgan fingerprint density at radius 3 is 2.79 bits per heavy atom. The van der Waals surface area contributed by atoms with Crippen molar-refractivity contribution < 1.29 is 19.1 Å². The van der Waals surface area contributed by atoms with Crippen molar-refractivity contribution >= 4 is 40.8 Å². The average molecular weight is 537 g/mol. The van der Waals surface area contributed by atoms with Gasteiger partial charge >= 0.3 is 6.09 Å². The van der Waals surface area contributed by atoms with Crippen molar-refractivity contribution in [2.24, 2.45) is 11.3 Å². The zero-order valence-electron chi connectivity index (χ0n) is 22.3. The van der Waals surface area contributed by atoms with E-state index in [1.54, 1.807) is 9.80 Å². The lowest BCUT2D eigenvalue weighted by Gasteiger charge is -2.40. The smallest absolute Gasteiger partial charge is 0.410 e. The van der Waals surface area contributed by atoms with E-state index in [0.717, 1.165) is 47.9 Å². The number of benzene rings is 1. The van der Waals surface area contributed by atoms with Crippen LogP contribution in [-0.4, -0.2) is 58.3 Å². The van der Waals surface area contributed by atoms with E-state index in [1.807, 2.05) is 26.8 Å². The molecule has 1 N–H and O–H groups in total. The van der Waals surface area contributed by atoms with Gasteiger partial charge in [0.1, 0.15) is 18.4 Å². The van der Waals surface area contributed by atoms with Crippen molar-refractivity contribution in [3.05, 3.63) is 52.0 Å². The van der Waals surface area contributed by atoms with Crippen molar-refractivity contribution in [2.45, 2.75) is 71.7 Å². The van der Waals surface area contributed by atoms with Crippen molar-refractivity contribution in [3.63, 3.8) is 0 Å². The van der Waals surface area contributed by atoms with Gasteiger partial charge in [0.25, 0.3) is 0 Å². The molecule has 2 aromatic rings. The molecule has 3 aliphatic rings. The predicted molar refractivity (Wildman–Crippen MR) is 148 cm³/mol. The summed E-state index contributed by atoms with van der Waals surface area (Å²) < 4.78 is 5.92. The topological polar surface area (TPSA) is 91.8 Å². The lowest BCUT2D eigenvalue weighted by molar-refractivity contribution is -0.139. The highest BCUT2D eigenvalue weighted by atomic mass is 32.1. The fourth-order valence-corrected chi connectivity index (χ4v) is 6.23. The molecule has 8 nitrogen and oxygen atoms in total. The number of thiazole rings is 1. The summed E-state index contributed by atoms with van der Waals surface area (Å²) in [6.45, 7) is 7.60. The molecule has 0 unspecified atom stereocenters. The lowest BCUT2D eigenvalue weighted by atomic mass is 9.85. The number of hydrogen-bond donors (Lipinski definition) is 1. The second kappa shape index (κ2) is 10.9. The molecule has 2 amide bonds. The standard InChI is InChI=1S/C29H36N4O4S/c1-29(2,3)25-26(35)32-13-19(17-34)12-23(15-32)37-28(36)33-14-21-10-7-9-20(24(21)16-33)8-5-4-6-11-22-18-38-27(30-22)31-25/h5,7-10,17-19,23,25H,4,6,11-16H2,1-3H3,(H,30,31)/b8-5+/t19-,23-,25-/m1/s1. The molecular formula is C29H36N4O4S. The Labute approximate surface area is 228 Å². The number of rotatable bonds is 1. The Morgan fingerprint density at radius 2 is 2.00 bits per heavy atom. The van der Waals surface area contributed by atoms with Gasteiger partial charge in [0, 0.05) is 24.4 Å². The first-order valence-electron chi connectivity index (χ1n) is 13.4. The lowest BCUT2D eigenvalue weighted by Crippen LogP contribution is -2.55. The highest BCUT2D eigenvalue weighted by Crippen LogP contribution is 2.31. The first kappa shape index (κ1) is 26.4. The molecule has 6 bridgehead atoms. The van der Waals surface area contributed by atoms with Gasteiger partial charge in [-0.25, -0.2) is 9.78 Å². The third-order valence-electron chi connectivity index (χ3n) is 7.53. The van der Waals surface area contributed by atoms with E-state index in [0.29, 0.717) is 31.2 Å². The second-order valence-electron chi connectivity index (χ2n) is 11.6. The number of nitrogens with zero attached hydrogens (tertiary/aromatic N) is 3. The molecule has 0 aliphatic carbocycles. The zero-order chi connectivity index (χ0) is 26.9. The summed E-state index contributed by atoms with van der Waals surface area (Å²) in [6, 6.07) is 5.62. The number of carbonyl (C=O) groups is 3. The number of fused-ring (bicyclic) bond motifs is 5. The molecule has 1 aromatic heterocycles. The van der Waals surface area contributed by atoms with Crippen LogP contribution < -0.4 is 5.32 Å². The number of allylic oxidation sites excluding steroid dienone is 1. The SMILES string of the molecule is CC(C)(C)[C@@H]1Nc2nc(cs2)CCC/C=C/c2cccc3c2CN(C3)C(=O)O[C@@H]2C[C@@H](C=O)CN(C2)C1=O. The Hall–Kier alpha value is -3.20. The summed E-state index contributed by atoms with van der Waals surface area (Å²) in [7, 11) is 0. The molecule has 3 atom stereocenters. The molecule has 1 saturated heterocycles. The van der Waals surface area contributed by atoms with Crippen molar-refractivity contribution in [3.8, 4) is 0 Å². The van der Waals surface area contributed by atoms with Gasteiger partial charge in [-0.3, -0.25) is 9.69 Å². The third-order valence-corrected chi connectivity index (χ3v) is 8.35. The van der Waals surface area contributed by atoms with E-state index in [-0.39, 0.29) is 18.4 Å². The normalized spacial score (nSPS) is 25.4. The number of nitrogens with one attached hydrogen (secondary N) is 1. The Balaban J connectivity index is 1.44. The minimum Gasteiger partial charge on any atom is -0.444 e. The molecule has 0 saturated carbocycles. The maximum absolute atomic E-state index is 13.8. The Kier molecular flexibility index (Phi) is 7.56. The first-order chi connectivity index (χ1) is 18.2. The molecule has 1 fully saturated rings. The third kappa shape index (κ3) is 5.77. The molecule has 9 heteroatoms. The fourth-order valence-electron chi connectivity index (χ4n) is 5.46. The molecule has 0 radical (unpaired) electrons. The number of aromatic nitrogens is 1. The van der Waals surface area contributed by atoms with Gasteiger partial charge in [-0.05, 0) is 47.8 Å². The van der Waals surface area contributed by atoms with Crippen molar-refractivity contribution in [1.29, 1.82) is 0 Å². The highest BCUT2D eigenvalue weighted by Gasteiger charge is 2.40. The number of ether oxygens (including phenoxy) is 1. The van der Waals surface area contributed by atoms with E-state index in [4.69, 9.17) is 9.72 Å². The Morgan fingerprint density at radius 1 is 1.16 bits per heavy atom. The van der Waals surface area contributed by atoms with Crippen molar-refractivity contribution in [1.82, 2.24) is 14.8 Å². The summed E-state index contributed by atoms with van der Waals surface area (Å²) in [5, 5.41) is 6.15. The summed E-state index contributed by atoms with van der Waals surface area (Å²) in [5.74, 6) is -0.498. The number of anilines is 1. The minimum absolute atomic E-state index is 0.111. The summed E-state index contributed by atoms with van der Waals surface area (Å²) in [5.41, 5.74) is 4.00. The van der Waals surface area contributed by atoms with E-state index >= 15 is 0 Å². The van der Waals surface area contributed by atoms with E-state index in [9.17, 15) is 14.4 Å². The zero-order valence-corrected chi connectivity index (χ0v) is 23.1. The monoisotopic (exact) mass is 536 g/mol. The van der Waals surface area contributed by atoms with Crippen LogP contribution >= 0.6 is 11.3 Å². The number of aryl methyl sites for hydroxylation is 1. The number of piperidine rings is 1. The minimum atomic E-state index is -0.545. The van der Waals surface area contributed by atoms with Crippen LogP contribution in [0.5, 0.6) is 0 Å². The molecule has 0 spiro atoms. The quantitative estimate of drug-likeness (QED) is 0.522. The van der Waals surface area contributed by atoms with Crippen LogP contribution in [0.1, 0.15) is 62.4 Å². The van der Waals surface area contributed by atoms with Crippen LogP contribution in [0.2, 0.25) is 0 Å². The van der Waals surface area contributed by atoms with E-state index < -0.39 is 23.7 Å². The van der Waals surface area contributed by atoms with Crippen LogP contribution in [0.4, 0.5) is 9.93 Å². The first-order valence-corrected chi connectivity index (χ1v) is 14.3. The average Bonchev–Trinajstić information content (AvgIpc) is 3.52. The van der Waals surface area contributed by atoms with Gasteiger partial charge in [-0.15, -0.1) is 11.3 Å². The predicted octanol–water partition coefficient (Wildman–Crippen LogP) is 4.89. The molecule has 38 heavy (non-hydrogen) atoms. The number of hydrogen-bond acceptors (Lipinski definition) is 7. The van der Waals surface area contributed by atoms with Crippen molar-refractivity contribution in [2.75, 3.05) is 18.4 Å². The summed E-state index contributed by atoms with van der Waals surface area (Å²) in [6.07, 6.45) is 7.42. The highest BCUT2D eigenvalue weighted by molar-refractivity contribution is 7.13. The number of aldehydes is 1. The molecule has 5 rings (SSSR count). The largest absolute Gasteiger partial charge is 0.444 e.